The Morgan fingerprint density at radius 1 is 1.37 bits per heavy atom. The zero-order valence-electron chi connectivity index (χ0n) is 10.7. The number of nitrogens with zero attached hydrogens (tertiary/aromatic N) is 1. The first-order chi connectivity index (χ1) is 9.20. The Bertz CT molecular complexity index is 514. The van der Waals surface area contributed by atoms with E-state index in [-0.39, 0.29) is 11.9 Å². The van der Waals surface area contributed by atoms with Crippen molar-refractivity contribution >= 4 is 11.3 Å². The van der Waals surface area contributed by atoms with Crippen molar-refractivity contribution in [2.24, 2.45) is 0 Å². The molecule has 102 valence electrons. The van der Waals surface area contributed by atoms with Gasteiger partial charge in [0.05, 0.1) is 17.2 Å². The fourth-order valence-corrected chi connectivity index (χ4v) is 2.52. The highest BCUT2D eigenvalue weighted by Gasteiger charge is 2.16. The van der Waals surface area contributed by atoms with Crippen LogP contribution in [0.15, 0.2) is 29.1 Å². The van der Waals surface area contributed by atoms with Gasteiger partial charge in [-0.3, -0.25) is 0 Å². The van der Waals surface area contributed by atoms with Crippen LogP contribution >= 0.6 is 11.3 Å². The molecule has 0 spiro atoms. The number of hydrogen-bond acceptors (Lipinski definition) is 3. The Morgan fingerprint density at radius 3 is 2.89 bits per heavy atom. The van der Waals surface area contributed by atoms with Gasteiger partial charge in [0.1, 0.15) is 11.6 Å². The van der Waals surface area contributed by atoms with Gasteiger partial charge < -0.3 is 5.32 Å². The molecule has 5 heteroatoms. The highest BCUT2D eigenvalue weighted by molar-refractivity contribution is 7.07. The number of halogens is 2. The van der Waals surface area contributed by atoms with E-state index in [1.54, 1.807) is 5.51 Å². The van der Waals surface area contributed by atoms with Crippen LogP contribution in [0.1, 0.15) is 30.6 Å². The van der Waals surface area contributed by atoms with Crippen molar-refractivity contribution in [3.63, 3.8) is 0 Å². The molecule has 1 heterocycles. The van der Waals surface area contributed by atoms with E-state index in [0.717, 1.165) is 24.7 Å². The minimum Gasteiger partial charge on any atom is -0.308 e. The lowest BCUT2D eigenvalue weighted by molar-refractivity contribution is 0.501. The third-order valence-corrected chi connectivity index (χ3v) is 3.49. The molecule has 0 saturated carbocycles. The van der Waals surface area contributed by atoms with Crippen LogP contribution in [-0.2, 0) is 6.42 Å². The van der Waals surface area contributed by atoms with Crippen LogP contribution in [0.25, 0.3) is 0 Å². The predicted molar refractivity (Wildman–Crippen MR) is 73.2 cm³/mol. The lowest BCUT2D eigenvalue weighted by Crippen LogP contribution is -2.24. The topological polar surface area (TPSA) is 24.9 Å². The molecular weight excluding hydrogens is 266 g/mol. The number of benzene rings is 1. The summed E-state index contributed by atoms with van der Waals surface area (Å²) in [7, 11) is 0. The number of nitrogens with one attached hydrogen (secondary N) is 1. The quantitative estimate of drug-likeness (QED) is 0.873. The Labute approximate surface area is 115 Å². The lowest BCUT2D eigenvalue weighted by atomic mass is 10.0. The molecule has 2 aromatic rings. The van der Waals surface area contributed by atoms with E-state index in [9.17, 15) is 8.78 Å². The van der Waals surface area contributed by atoms with Crippen LogP contribution in [0.4, 0.5) is 8.78 Å². The molecule has 0 radical (unpaired) electrons. The Hall–Kier alpha value is -1.33. The van der Waals surface area contributed by atoms with Gasteiger partial charge >= 0.3 is 0 Å². The molecule has 1 atom stereocenters. The summed E-state index contributed by atoms with van der Waals surface area (Å²) in [6, 6.07) is 3.48. The van der Waals surface area contributed by atoms with Gasteiger partial charge in [0.15, 0.2) is 0 Å². The molecule has 1 N–H and O–H groups in total. The first-order valence-corrected chi connectivity index (χ1v) is 7.20. The molecule has 0 aliphatic rings. The Balaban J connectivity index is 2.17. The van der Waals surface area contributed by atoms with E-state index >= 15 is 0 Å². The van der Waals surface area contributed by atoms with Crippen LogP contribution in [0.3, 0.4) is 0 Å². The standard InChI is InChI=1S/C14H16F2N2S/c1-2-5-17-13(14-8-19-9-18-14)7-10-6-11(15)3-4-12(10)16/h3-4,6,8-9,13,17H,2,5,7H2,1H3. The van der Waals surface area contributed by atoms with Crippen LogP contribution in [0.2, 0.25) is 0 Å². The monoisotopic (exact) mass is 282 g/mol. The SMILES string of the molecule is CCCNC(Cc1cc(F)ccc1F)c1cscn1. The average Bonchev–Trinajstić information content (AvgIpc) is 2.92. The van der Waals surface area contributed by atoms with Crippen LogP contribution in [0, 0.1) is 11.6 Å². The van der Waals surface area contributed by atoms with Gasteiger partial charge in [0.25, 0.3) is 0 Å². The summed E-state index contributed by atoms with van der Waals surface area (Å²) >= 11 is 1.50. The molecule has 0 aliphatic heterocycles. The second-order valence-corrected chi connectivity index (χ2v) is 5.08. The fraction of sp³-hybridized carbons (Fsp3) is 0.357. The van der Waals surface area contributed by atoms with Crippen LogP contribution in [0.5, 0.6) is 0 Å². The maximum atomic E-state index is 13.7. The summed E-state index contributed by atoms with van der Waals surface area (Å²) in [5, 5.41) is 5.26. The van der Waals surface area contributed by atoms with Gasteiger partial charge in [-0.05, 0) is 43.1 Å². The molecule has 0 fully saturated rings. The molecular formula is C14H16F2N2S. The van der Waals surface area contributed by atoms with Gasteiger partial charge in [0.2, 0.25) is 0 Å². The number of hydrogen-bond donors (Lipinski definition) is 1. The van der Waals surface area contributed by atoms with Crippen molar-refractivity contribution in [3.8, 4) is 0 Å². The largest absolute Gasteiger partial charge is 0.308 e. The zero-order valence-corrected chi connectivity index (χ0v) is 11.5. The minimum atomic E-state index is -0.413. The lowest BCUT2D eigenvalue weighted by Gasteiger charge is -2.17. The number of thiazole rings is 1. The third kappa shape index (κ3) is 3.81. The highest BCUT2D eigenvalue weighted by Crippen LogP contribution is 2.21. The van der Waals surface area contributed by atoms with Crippen LogP contribution in [-0.4, -0.2) is 11.5 Å². The summed E-state index contributed by atoms with van der Waals surface area (Å²) in [6.45, 7) is 2.88. The molecule has 1 unspecified atom stereocenters. The molecule has 0 saturated heterocycles. The molecule has 1 aromatic heterocycles. The first kappa shape index (κ1) is 14.1. The maximum absolute atomic E-state index is 13.7. The van der Waals surface area contributed by atoms with Gasteiger partial charge in [-0.15, -0.1) is 11.3 Å². The zero-order chi connectivity index (χ0) is 13.7. The third-order valence-electron chi connectivity index (χ3n) is 2.88. The summed E-state index contributed by atoms with van der Waals surface area (Å²) < 4.78 is 26.9. The Morgan fingerprint density at radius 2 is 2.21 bits per heavy atom. The summed E-state index contributed by atoms with van der Waals surface area (Å²) in [5.41, 5.74) is 3.00. The van der Waals surface area contributed by atoms with Crippen molar-refractivity contribution in [2.45, 2.75) is 25.8 Å². The van der Waals surface area contributed by atoms with Gasteiger partial charge in [-0.25, -0.2) is 13.8 Å². The van der Waals surface area contributed by atoms with E-state index in [4.69, 9.17) is 0 Å². The average molecular weight is 282 g/mol. The Kier molecular flexibility index (Phi) is 4.99. The normalized spacial score (nSPS) is 12.6. The molecule has 2 nitrogen and oxygen atoms in total. The summed E-state index contributed by atoms with van der Waals surface area (Å²) in [4.78, 5) is 4.26. The van der Waals surface area contributed by atoms with E-state index in [1.165, 1.54) is 23.5 Å². The van der Waals surface area contributed by atoms with Crippen molar-refractivity contribution in [2.75, 3.05) is 6.54 Å². The van der Waals surface area contributed by atoms with Crippen molar-refractivity contribution in [1.82, 2.24) is 10.3 Å². The summed E-state index contributed by atoms with van der Waals surface area (Å²) in [6.07, 6.45) is 1.37. The van der Waals surface area contributed by atoms with E-state index in [2.05, 4.69) is 17.2 Å². The second kappa shape index (κ2) is 6.73. The first-order valence-electron chi connectivity index (χ1n) is 6.26. The van der Waals surface area contributed by atoms with Gasteiger partial charge in [-0.2, -0.15) is 0 Å². The van der Waals surface area contributed by atoms with Crippen LogP contribution < -0.4 is 5.32 Å². The minimum absolute atomic E-state index is 0.0810. The highest BCUT2D eigenvalue weighted by atomic mass is 32.1. The van der Waals surface area contributed by atoms with E-state index < -0.39 is 5.82 Å². The molecule has 1 aromatic carbocycles. The number of rotatable bonds is 6. The summed E-state index contributed by atoms with van der Waals surface area (Å²) in [5.74, 6) is -0.788. The van der Waals surface area contributed by atoms with Crippen molar-refractivity contribution in [1.29, 1.82) is 0 Å². The molecule has 2 rings (SSSR count). The predicted octanol–water partition coefficient (Wildman–Crippen LogP) is 3.70. The van der Waals surface area contributed by atoms with Gasteiger partial charge in [0, 0.05) is 5.38 Å². The second-order valence-electron chi connectivity index (χ2n) is 4.36. The van der Waals surface area contributed by atoms with Gasteiger partial charge in [-0.1, -0.05) is 6.92 Å². The van der Waals surface area contributed by atoms with E-state index in [1.807, 2.05) is 5.38 Å². The fourth-order valence-electron chi connectivity index (χ4n) is 1.91. The molecule has 19 heavy (non-hydrogen) atoms. The smallest absolute Gasteiger partial charge is 0.126 e. The van der Waals surface area contributed by atoms with Crippen molar-refractivity contribution < 1.29 is 8.78 Å². The van der Waals surface area contributed by atoms with E-state index in [0.29, 0.717) is 12.0 Å². The molecule has 0 aliphatic carbocycles. The van der Waals surface area contributed by atoms with Crippen molar-refractivity contribution in [3.05, 3.63) is 52.0 Å². The maximum Gasteiger partial charge on any atom is 0.126 e. The molecule has 0 bridgehead atoms. The molecule has 0 amide bonds. The number of aromatic nitrogens is 1.